The fraction of sp³-hybridized carbons (Fsp3) is 0.417. The molecule has 0 saturated carbocycles. The van der Waals surface area contributed by atoms with Crippen LogP contribution in [0.2, 0.25) is 0 Å². The topological polar surface area (TPSA) is 88.1 Å². The second-order valence-electron chi connectivity index (χ2n) is 4.03. The summed E-state index contributed by atoms with van der Waals surface area (Å²) in [7, 11) is 4.94. The highest BCUT2D eigenvalue weighted by Crippen LogP contribution is 2.32. The van der Waals surface area contributed by atoms with Gasteiger partial charge in [-0.15, -0.1) is 10.2 Å². The van der Waals surface area contributed by atoms with Gasteiger partial charge >= 0.3 is 0 Å². The highest BCUT2D eigenvalue weighted by Gasteiger charge is 2.22. The smallest absolute Gasteiger partial charge is 0.183 e. The second kappa shape index (κ2) is 5.66. The number of hydrogen-bond acceptors (Lipinski definition) is 6. The maximum atomic E-state index is 5.85. The molecule has 1 atom stereocenters. The van der Waals surface area contributed by atoms with Crippen molar-refractivity contribution < 1.29 is 9.47 Å². The Bertz CT molecular complexity index is 555. The van der Waals surface area contributed by atoms with E-state index in [4.69, 9.17) is 15.2 Å². The fourth-order valence-electron chi connectivity index (χ4n) is 1.92. The summed E-state index contributed by atoms with van der Waals surface area (Å²) in [5.41, 5.74) is 6.73. The van der Waals surface area contributed by atoms with Gasteiger partial charge in [0, 0.05) is 12.1 Å². The van der Waals surface area contributed by atoms with E-state index in [2.05, 4.69) is 15.4 Å². The van der Waals surface area contributed by atoms with E-state index in [1.807, 2.05) is 18.2 Å². The van der Waals surface area contributed by atoms with Crippen LogP contribution in [0.4, 0.5) is 0 Å². The van der Waals surface area contributed by atoms with Gasteiger partial charge in [0.15, 0.2) is 5.82 Å². The lowest BCUT2D eigenvalue weighted by molar-refractivity contribution is 0.396. The minimum atomic E-state index is -0.182. The number of rotatable bonds is 5. The van der Waals surface area contributed by atoms with Crippen LogP contribution in [0.15, 0.2) is 18.2 Å². The fourth-order valence-corrected chi connectivity index (χ4v) is 1.92. The van der Waals surface area contributed by atoms with Crippen LogP contribution in [-0.2, 0) is 7.05 Å². The minimum absolute atomic E-state index is 0.182. The van der Waals surface area contributed by atoms with Crippen LogP contribution >= 0.6 is 0 Å². The molecule has 1 heterocycles. The van der Waals surface area contributed by atoms with E-state index in [1.54, 1.807) is 21.3 Å². The number of aromatic nitrogens is 4. The van der Waals surface area contributed by atoms with Crippen LogP contribution in [0.25, 0.3) is 0 Å². The highest BCUT2D eigenvalue weighted by molar-refractivity contribution is 5.44. The minimum Gasteiger partial charge on any atom is -0.497 e. The van der Waals surface area contributed by atoms with Crippen LogP contribution < -0.4 is 15.2 Å². The molecular weight excluding hydrogens is 246 g/mol. The lowest BCUT2D eigenvalue weighted by Crippen LogP contribution is -2.16. The molecule has 2 N–H and O–H groups in total. The first-order valence-electron chi connectivity index (χ1n) is 5.85. The predicted octanol–water partition coefficient (Wildman–Crippen LogP) is 0.318. The molecule has 0 amide bonds. The molecule has 0 aliphatic carbocycles. The first-order chi connectivity index (χ1) is 9.19. The predicted molar refractivity (Wildman–Crippen MR) is 69.2 cm³/mol. The van der Waals surface area contributed by atoms with Crippen molar-refractivity contribution in [3.8, 4) is 11.5 Å². The van der Waals surface area contributed by atoms with Crippen molar-refractivity contribution in [2.45, 2.75) is 5.92 Å². The normalized spacial score (nSPS) is 12.2. The quantitative estimate of drug-likeness (QED) is 0.835. The SMILES string of the molecule is COc1ccc(OC)c(C(CN)c2nnn(C)n2)c1. The third-order valence-electron chi connectivity index (χ3n) is 2.88. The molecule has 2 rings (SSSR count). The lowest BCUT2D eigenvalue weighted by Gasteiger charge is -2.16. The summed E-state index contributed by atoms with van der Waals surface area (Å²) in [6.07, 6.45) is 0. The number of benzene rings is 1. The Kier molecular flexibility index (Phi) is 3.96. The molecule has 1 unspecified atom stereocenters. The van der Waals surface area contributed by atoms with E-state index in [0.29, 0.717) is 12.4 Å². The van der Waals surface area contributed by atoms with Gasteiger partial charge in [-0.25, -0.2) is 0 Å². The third-order valence-corrected chi connectivity index (χ3v) is 2.88. The van der Waals surface area contributed by atoms with Crippen LogP contribution in [0, 0.1) is 0 Å². The summed E-state index contributed by atoms with van der Waals surface area (Å²) in [5.74, 6) is 1.84. The zero-order chi connectivity index (χ0) is 13.8. The van der Waals surface area contributed by atoms with E-state index in [1.165, 1.54) is 4.80 Å². The zero-order valence-electron chi connectivity index (χ0n) is 11.2. The highest BCUT2D eigenvalue weighted by atomic mass is 16.5. The molecule has 0 fully saturated rings. The molecule has 7 nitrogen and oxygen atoms in total. The Labute approximate surface area is 111 Å². The van der Waals surface area contributed by atoms with Gasteiger partial charge in [0.1, 0.15) is 11.5 Å². The molecule has 7 heteroatoms. The van der Waals surface area contributed by atoms with E-state index < -0.39 is 0 Å². The Morgan fingerprint density at radius 2 is 2.11 bits per heavy atom. The van der Waals surface area contributed by atoms with Crippen LogP contribution in [0.3, 0.4) is 0 Å². The van der Waals surface area contributed by atoms with Gasteiger partial charge in [-0.1, -0.05) is 0 Å². The van der Waals surface area contributed by atoms with Gasteiger partial charge in [0.05, 0.1) is 27.2 Å². The molecule has 19 heavy (non-hydrogen) atoms. The van der Waals surface area contributed by atoms with E-state index >= 15 is 0 Å². The van der Waals surface area contributed by atoms with Crippen LogP contribution in [0.5, 0.6) is 11.5 Å². The maximum absolute atomic E-state index is 5.85. The summed E-state index contributed by atoms with van der Waals surface area (Å²) >= 11 is 0. The maximum Gasteiger partial charge on any atom is 0.183 e. The van der Waals surface area contributed by atoms with Crippen molar-refractivity contribution in [2.75, 3.05) is 20.8 Å². The van der Waals surface area contributed by atoms with Gasteiger partial charge in [0.25, 0.3) is 0 Å². The Morgan fingerprint density at radius 1 is 1.32 bits per heavy atom. The summed E-state index contributed by atoms with van der Waals surface area (Å²) in [5, 5.41) is 12.1. The molecule has 0 aliphatic rings. The number of hydrogen-bond donors (Lipinski definition) is 1. The van der Waals surface area contributed by atoms with Crippen LogP contribution in [0.1, 0.15) is 17.3 Å². The summed E-state index contributed by atoms with van der Waals surface area (Å²) < 4.78 is 10.6. The first kappa shape index (κ1) is 13.3. The molecule has 0 saturated heterocycles. The molecule has 0 bridgehead atoms. The molecule has 2 aromatic rings. The van der Waals surface area contributed by atoms with Gasteiger partial charge in [-0.3, -0.25) is 0 Å². The third kappa shape index (κ3) is 2.65. The van der Waals surface area contributed by atoms with Crippen molar-refractivity contribution in [1.29, 1.82) is 0 Å². The summed E-state index contributed by atoms with van der Waals surface area (Å²) in [6, 6.07) is 5.56. The molecule has 0 radical (unpaired) electrons. The second-order valence-corrected chi connectivity index (χ2v) is 4.03. The van der Waals surface area contributed by atoms with Gasteiger partial charge < -0.3 is 15.2 Å². The van der Waals surface area contributed by atoms with Gasteiger partial charge in [-0.2, -0.15) is 4.80 Å². The standard InChI is InChI=1S/C12H17N5O2/c1-17-15-12(14-16-17)10(7-13)9-6-8(18-2)4-5-11(9)19-3/h4-6,10H,7,13H2,1-3H3. The van der Waals surface area contributed by atoms with Crippen LogP contribution in [-0.4, -0.2) is 41.0 Å². The number of nitrogens with zero attached hydrogens (tertiary/aromatic N) is 4. The van der Waals surface area contributed by atoms with Crippen molar-refractivity contribution in [3.63, 3.8) is 0 Å². The Balaban J connectivity index is 2.47. The molecule has 102 valence electrons. The molecule has 0 spiro atoms. The Morgan fingerprint density at radius 3 is 2.63 bits per heavy atom. The monoisotopic (exact) mass is 263 g/mol. The first-order valence-corrected chi connectivity index (χ1v) is 5.85. The number of methoxy groups -OCH3 is 2. The number of aryl methyl sites for hydroxylation is 1. The van der Waals surface area contributed by atoms with Crippen molar-refractivity contribution in [1.82, 2.24) is 20.2 Å². The van der Waals surface area contributed by atoms with Gasteiger partial charge in [0.2, 0.25) is 0 Å². The summed E-state index contributed by atoms with van der Waals surface area (Å²) in [6.45, 7) is 0.356. The van der Waals surface area contributed by atoms with Gasteiger partial charge in [-0.05, 0) is 23.4 Å². The molecule has 0 aliphatic heterocycles. The average Bonchev–Trinajstić information content (AvgIpc) is 2.86. The van der Waals surface area contributed by atoms with E-state index in [0.717, 1.165) is 17.1 Å². The zero-order valence-corrected chi connectivity index (χ0v) is 11.2. The largest absolute Gasteiger partial charge is 0.497 e. The van der Waals surface area contributed by atoms with E-state index in [9.17, 15) is 0 Å². The number of tetrazole rings is 1. The van der Waals surface area contributed by atoms with Crippen molar-refractivity contribution >= 4 is 0 Å². The van der Waals surface area contributed by atoms with E-state index in [-0.39, 0.29) is 5.92 Å². The van der Waals surface area contributed by atoms with Crippen molar-refractivity contribution in [3.05, 3.63) is 29.6 Å². The van der Waals surface area contributed by atoms with Crippen molar-refractivity contribution in [2.24, 2.45) is 12.8 Å². The molecule has 1 aromatic heterocycles. The lowest BCUT2D eigenvalue weighted by atomic mass is 9.97. The number of ether oxygens (including phenoxy) is 2. The average molecular weight is 263 g/mol. The Hall–Kier alpha value is -2.15. The summed E-state index contributed by atoms with van der Waals surface area (Å²) in [4.78, 5) is 1.41. The number of nitrogens with two attached hydrogens (primary N) is 1. The molecule has 1 aromatic carbocycles. The molecular formula is C12H17N5O2.